The lowest BCUT2D eigenvalue weighted by Gasteiger charge is -2.08. The molecule has 4 N–H and O–H groups in total. The molecule has 0 bridgehead atoms. The summed E-state index contributed by atoms with van der Waals surface area (Å²) in [4.78, 5) is 8.63. The molecular weight excluding hydrogens is 286 g/mol. The van der Waals surface area contributed by atoms with Gasteiger partial charge in [0.25, 0.3) is 0 Å². The summed E-state index contributed by atoms with van der Waals surface area (Å²) in [5.41, 5.74) is 7.97. The molecule has 0 aliphatic heterocycles. The molecule has 0 saturated carbocycles. The quantitative estimate of drug-likeness (QED) is 0.651. The molecule has 0 fully saturated rings. The van der Waals surface area contributed by atoms with Crippen LogP contribution in [0.5, 0.6) is 0 Å². The Kier molecular flexibility index (Phi) is 4.69. The summed E-state index contributed by atoms with van der Waals surface area (Å²) in [6.07, 6.45) is 1.85. The SMILES string of the molecule is Nc1cccc(NCc2ccc(NCc3ccccc3)nc2)n1. The van der Waals surface area contributed by atoms with Gasteiger partial charge >= 0.3 is 0 Å². The Morgan fingerprint density at radius 1 is 0.739 bits per heavy atom. The summed E-state index contributed by atoms with van der Waals surface area (Å²) in [7, 11) is 0. The maximum Gasteiger partial charge on any atom is 0.128 e. The van der Waals surface area contributed by atoms with Crippen LogP contribution in [-0.2, 0) is 13.1 Å². The van der Waals surface area contributed by atoms with Crippen molar-refractivity contribution in [3.8, 4) is 0 Å². The summed E-state index contributed by atoms with van der Waals surface area (Å²) in [6, 6.07) is 19.8. The Morgan fingerprint density at radius 2 is 1.52 bits per heavy atom. The molecule has 2 aromatic heterocycles. The van der Waals surface area contributed by atoms with Crippen molar-refractivity contribution in [1.29, 1.82) is 0 Å². The average molecular weight is 305 g/mol. The molecular formula is C18H19N5. The van der Waals surface area contributed by atoms with Crippen LogP contribution in [0.15, 0.2) is 66.9 Å². The zero-order valence-corrected chi connectivity index (χ0v) is 12.7. The fourth-order valence-electron chi connectivity index (χ4n) is 2.16. The largest absolute Gasteiger partial charge is 0.384 e. The summed E-state index contributed by atoms with van der Waals surface area (Å²) in [5, 5.41) is 6.54. The van der Waals surface area contributed by atoms with Crippen molar-refractivity contribution in [2.45, 2.75) is 13.1 Å². The molecule has 0 spiro atoms. The highest BCUT2D eigenvalue weighted by Crippen LogP contribution is 2.10. The number of aromatic nitrogens is 2. The number of anilines is 3. The van der Waals surface area contributed by atoms with E-state index in [1.807, 2.05) is 48.7 Å². The van der Waals surface area contributed by atoms with Crippen LogP contribution in [-0.4, -0.2) is 9.97 Å². The standard InChI is InChI=1S/C18H19N5/c19-16-7-4-8-18(23-16)22-13-15-9-10-17(21-12-15)20-11-14-5-2-1-3-6-14/h1-10,12H,11,13H2,(H,20,21)(H3,19,22,23). The number of benzene rings is 1. The lowest BCUT2D eigenvalue weighted by molar-refractivity contribution is 1.07. The second kappa shape index (κ2) is 7.26. The fraction of sp³-hybridized carbons (Fsp3) is 0.111. The first-order valence-electron chi connectivity index (χ1n) is 7.49. The third kappa shape index (κ3) is 4.44. The third-order valence-electron chi connectivity index (χ3n) is 3.39. The molecule has 5 heteroatoms. The summed E-state index contributed by atoms with van der Waals surface area (Å²) >= 11 is 0. The molecule has 116 valence electrons. The van der Waals surface area contributed by atoms with Crippen LogP contribution in [0.25, 0.3) is 0 Å². The van der Waals surface area contributed by atoms with Gasteiger partial charge in [0.15, 0.2) is 0 Å². The predicted molar refractivity (Wildman–Crippen MR) is 94.0 cm³/mol. The number of nitrogens with zero attached hydrogens (tertiary/aromatic N) is 2. The highest BCUT2D eigenvalue weighted by atomic mass is 15.0. The Morgan fingerprint density at radius 3 is 2.26 bits per heavy atom. The first-order chi connectivity index (χ1) is 11.3. The summed E-state index contributed by atoms with van der Waals surface area (Å²) < 4.78 is 0. The molecule has 0 saturated heterocycles. The van der Waals surface area contributed by atoms with Gasteiger partial charge in [0, 0.05) is 19.3 Å². The Hall–Kier alpha value is -3.08. The van der Waals surface area contributed by atoms with E-state index >= 15 is 0 Å². The molecule has 0 radical (unpaired) electrons. The van der Waals surface area contributed by atoms with Crippen LogP contribution >= 0.6 is 0 Å². The van der Waals surface area contributed by atoms with Gasteiger partial charge in [-0.3, -0.25) is 0 Å². The van der Waals surface area contributed by atoms with Gasteiger partial charge in [-0.15, -0.1) is 0 Å². The van der Waals surface area contributed by atoms with Crippen LogP contribution in [0.4, 0.5) is 17.5 Å². The zero-order chi connectivity index (χ0) is 15.9. The van der Waals surface area contributed by atoms with Crippen molar-refractivity contribution in [1.82, 2.24) is 9.97 Å². The summed E-state index contributed by atoms with van der Waals surface area (Å²) in [6.45, 7) is 1.42. The monoisotopic (exact) mass is 305 g/mol. The lowest BCUT2D eigenvalue weighted by atomic mass is 10.2. The maximum absolute atomic E-state index is 5.66. The topological polar surface area (TPSA) is 75.9 Å². The van der Waals surface area contributed by atoms with Crippen LogP contribution in [0.3, 0.4) is 0 Å². The van der Waals surface area contributed by atoms with Gasteiger partial charge < -0.3 is 16.4 Å². The molecule has 23 heavy (non-hydrogen) atoms. The van der Waals surface area contributed by atoms with E-state index < -0.39 is 0 Å². The number of nitrogens with two attached hydrogens (primary N) is 1. The first kappa shape index (κ1) is 14.8. The van der Waals surface area contributed by atoms with Crippen molar-refractivity contribution in [2.75, 3.05) is 16.4 Å². The highest BCUT2D eigenvalue weighted by molar-refractivity contribution is 5.43. The number of nitrogen functional groups attached to an aromatic ring is 1. The van der Waals surface area contributed by atoms with E-state index in [1.54, 1.807) is 6.07 Å². The van der Waals surface area contributed by atoms with E-state index in [2.05, 4.69) is 32.7 Å². The molecule has 5 nitrogen and oxygen atoms in total. The van der Waals surface area contributed by atoms with Gasteiger partial charge in [0.05, 0.1) is 0 Å². The number of pyridine rings is 2. The Bertz CT molecular complexity index is 741. The minimum Gasteiger partial charge on any atom is -0.384 e. The van der Waals surface area contributed by atoms with Gasteiger partial charge in [-0.25, -0.2) is 9.97 Å². The van der Waals surface area contributed by atoms with Crippen LogP contribution in [0.1, 0.15) is 11.1 Å². The molecule has 0 atom stereocenters. The number of nitrogens with one attached hydrogen (secondary N) is 2. The van der Waals surface area contributed by atoms with Crippen molar-refractivity contribution in [2.24, 2.45) is 0 Å². The number of hydrogen-bond acceptors (Lipinski definition) is 5. The predicted octanol–water partition coefficient (Wildman–Crippen LogP) is 3.28. The van der Waals surface area contributed by atoms with E-state index in [4.69, 9.17) is 5.73 Å². The first-order valence-corrected chi connectivity index (χ1v) is 7.49. The molecule has 3 aromatic rings. The second-order valence-electron chi connectivity index (χ2n) is 5.19. The van der Waals surface area contributed by atoms with E-state index in [-0.39, 0.29) is 0 Å². The van der Waals surface area contributed by atoms with Crippen LogP contribution in [0.2, 0.25) is 0 Å². The maximum atomic E-state index is 5.66. The molecule has 0 aliphatic carbocycles. The van der Waals surface area contributed by atoms with Gasteiger partial charge in [-0.1, -0.05) is 42.5 Å². The molecule has 1 aromatic carbocycles. The van der Waals surface area contributed by atoms with E-state index in [0.717, 1.165) is 23.7 Å². The molecule has 3 rings (SSSR count). The number of rotatable bonds is 6. The minimum atomic E-state index is 0.508. The molecule has 2 heterocycles. The zero-order valence-electron chi connectivity index (χ0n) is 12.7. The Balaban J connectivity index is 1.52. The smallest absolute Gasteiger partial charge is 0.128 e. The van der Waals surface area contributed by atoms with E-state index in [1.165, 1.54) is 5.56 Å². The second-order valence-corrected chi connectivity index (χ2v) is 5.19. The van der Waals surface area contributed by atoms with E-state index in [9.17, 15) is 0 Å². The van der Waals surface area contributed by atoms with Crippen molar-refractivity contribution < 1.29 is 0 Å². The fourth-order valence-corrected chi connectivity index (χ4v) is 2.16. The van der Waals surface area contributed by atoms with Crippen molar-refractivity contribution >= 4 is 17.5 Å². The van der Waals surface area contributed by atoms with Gasteiger partial charge in [-0.2, -0.15) is 0 Å². The minimum absolute atomic E-state index is 0.508. The van der Waals surface area contributed by atoms with Gasteiger partial charge in [-0.05, 0) is 29.3 Å². The summed E-state index contributed by atoms with van der Waals surface area (Å²) in [5.74, 6) is 2.13. The van der Waals surface area contributed by atoms with Crippen LogP contribution in [0, 0.1) is 0 Å². The van der Waals surface area contributed by atoms with Crippen molar-refractivity contribution in [3.63, 3.8) is 0 Å². The molecule has 0 amide bonds. The average Bonchev–Trinajstić information content (AvgIpc) is 2.60. The van der Waals surface area contributed by atoms with Gasteiger partial charge in [0.1, 0.15) is 17.5 Å². The number of hydrogen-bond donors (Lipinski definition) is 3. The lowest BCUT2D eigenvalue weighted by Crippen LogP contribution is -2.04. The Labute approximate surface area is 135 Å². The van der Waals surface area contributed by atoms with Crippen LogP contribution < -0.4 is 16.4 Å². The molecule has 0 unspecified atom stereocenters. The van der Waals surface area contributed by atoms with Crippen molar-refractivity contribution in [3.05, 3.63) is 78.0 Å². The van der Waals surface area contributed by atoms with E-state index in [0.29, 0.717) is 12.4 Å². The molecule has 0 aliphatic rings. The third-order valence-corrected chi connectivity index (χ3v) is 3.39. The highest BCUT2D eigenvalue weighted by Gasteiger charge is 1.98. The van der Waals surface area contributed by atoms with Gasteiger partial charge in [0.2, 0.25) is 0 Å². The normalized spacial score (nSPS) is 10.3.